The van der Waals surface area contributed by atoms with Gasteiger partial charge in [0, 0.05) is 13.0 Å². The van der Waals surface area contributed by atoms with Crippen LogP contribution in [0.25, 0.3) is 0 Å². The van der Waals surface area contributed by atoms with E-state index in [2.05, 4.69) is 20.8 Å². The zero-order chi connectivity index (χ0) is 17.4. The van der Waals surface area contributed by atoms with E-state index >= 15 is 0 Å². The van der Waals surface area contributed by atoms with Crippen molar-refractivity contribution in [1.82, 2.24) is 10.6 Å². The van der Waals surface area contributed by atoms with Gasteiger partial charge >= 0.3 is 5.97 Å². The van der Waals surface area contributed by atoms with Gasteiger partial charge in [0.25, 0.3) is 0 Å². The van der Waals surface area contributed by atoms with E-state index in [-0.39, 0.29) is 31.2 Å². The van der Waals surface area contributed by atoms with Crippen molar-refractivity contribution < 1.29 is 19.5 Å². The zero-order valence-electron chi connectivity index (χ0n) is 12.6. The van der Waals surface area contributed by atoms with Crippen LogP contribution in [0, 0.1) is 0 Å². The van der Waals surface area contributed by atoms with Gasteiger partial charge in [-0.3, -0.25) is 14.4 Å². The summed E-state index contributed by atoms with van der Waals surface area (Å²) in [6.07, 6.45) is 1.36. The Bertz CT molecular complexity index is 675. The molecule has 126 valence electrons. The molecule has 0 aromatic heterocycles. The highest BCUT2D eigenvalue weighted by Gasteiger charge is 2.32. The molecule has 3 N–H and O–H groups in total. The molecule has 1 heterocycles. The number of carbonyl (C=O) groups excluding carboxylic acids is 2. The van der Waals surface area contributed by atoms with Crippen LogP contribution < -0.4 is 10.6 Å². The second-order valence-corrected chi connectivity index (χ2v) is 6.05. The number of amides is 2. The molecule has 1 aliphatic heterocycles. The number of carboxylic acid groups (broad SMARTS) is 1. The molecule has 1 aliphatic rings. The predicted molar refractivity (Wildman–Crippen MR) is 90.9 cm³/mol. The Labute approximate surface area is 142 Å². The number of carbonyl (C=O) groups is 3. The Morgan fingerprint density at radius 3 is 2.79 bits per heavy atom. The van der Waals surface area contributed by atoms with Crippen molar-refractivity contribution in [1.29, 1.82) is 0 Å². The van der Waals surface area contributed by atoms with Crippen molar-refractivity contribution in [3.05, 3.63) is 35.9 Å². The van der Waals surface area contributed by atoms with Crippen LogP contribution in [0.3, 0.4) is 0 Å². The van der Waals surface area contributed by atoms with Gasteiger partial charge in [-0.15, -0.1) is 5.10 Å². The number of hydrogen-bond donors (Lipinski definition) is 3. The first-order chi connectivity index (χ1) is 11.5. The maximum atomic E-state index is 11.8. The molecule has 0 bridgehead atoms. The molecular weight excluding hydrogens is 332 g/mol. The molecule has 1 aromatic rings. The minimum absolute atomic E-state index is 0.0372. The summed E-state index contributed by atoms with van der Waals surface area (Å²) in [5, 5.41) is 21.1. The molecule has 1 saturated heterocycles. The Balaban J connectivity index is 1.82. The van der Waals surface area contributed by atoms with Crippen molar-refractivity contribution in [2.45, 2.75) is 18.1 Å². The van der Waals surface area contributed by atoms with Gasteiger partial charge in [-0.25, -0.2) is 0 Å². The van der Waals surface area contributed by atoms with Crippen LogP contribution in [0.4, 0.5) is 0 Å². The molecule has 0 saturated carbocycles. The lowest BCUT2D eigenvalue weighted by molar-refractivity contribution is -0.137. The van der Waals surface area contributed by atoms with Gasteiger partial charge in [0.15, 0.2) is 5.17 Å². The maximum Gasteiger partial charge on any atom is 0.305 e. The second-order valence-electron chi connectivity index (χ2n) is 4.85. The summed E-state index contributed by atoms with van der Waals surface area (Å²) in [5.74, 6) is -1.69. The molecule has 0 radical (unpaired) electrons. The van der Waals surface area contributed by atoms with Crippen LogP contribution >= 0.6 is 11.8 Å². The number of carboxylic acids is 1. The van der Waals surface area contributed by atoms with Crippen molar-refractivity contribution in [3.8, 4) is 0 Å². The molecule has 0 aliphatic carbocycles. The highest BCUT2D eigenvalue weighted by molar-refractivity contribution is 8.15. The van der Waals surface area contributed by atoms with Crippen LogP contribution in [-0.2, 0) is 14.4 Å². The standard InChI is InChI=1S/C15H16N4O4S/c20-12(16-7-6-13(21)22)8-11-14(23)18-15(24-11)19-17-9-10-4-2-1-3-5-10/h1-5,9,11H,6-8H2,(H,16,20)(H,21,22)(H,18,19,23)/b17-9-/t11-/m0/s1. The number of nitrogens with zero attached hydrogens (tertiary/aromatic N) is 2. The Hall–Kier alpha value is -2.68. The predicted octanol–water partition coefficient (Wildman–Crippen LogP) is 0.589. The minimum atomic E-state index is -0.992. The molecule has 8 nitrogen and oxygen atoms in total. The monoisotopic (exact) mass is 348 g/mol. The van der Waals surface area contributed by atoms with Crippen molar-refractivity contribution in [3.63, 3.8) is 0 Å². The second kappa shape index (κ2) is 8.82. The Kier molecular flexibility index (Phi) is 6.50. The van der Waals surface area contributed by atoms with Gasteiger partial charge in [0.2, 0.25) is 11.8 Å². The Morgan fingerprint density at radius 2 is 2.08 bits per heavy atom. The lowest BCUT2D eigenvalue weighted by Crippen LogP contribution is -2.32. The lowest BCUT2D eigenvalue weighted by Gasteiger charge is -2.05. The van der Waals surface area contributed by atoms with Gasteiger partial charge in [0.05, 0.1) is 12.6 Å². The molecule has 1 fully saturated rings. The van der Waals surface area contributed by atoms with Crippen molar-refractivity contribution in [2.24, 2.45) is 10.2 Å². The van der Waals surface area contributed by atoms with Gasteiger partial charge in [-0.2, -0.15) is 5.10 Å². The topological polar surface area (TPSA) is 120 Å². The fourth-order valence-corrected chi connectivity index (χ4v) is 2.75. The highest BCUT2D eigenvalue weighted by Crippen LogP contribution is 2.22. The molecular formula is C15H16N4O4S. The van der Waals surface area contributed by atoms with E-state index in [4.69, 9.17) is 5.11 Å². The third-order valence-corrected chi connectivity index (χ3v) is 4.04. The van der Waals surface area contributed by atoms with E-state index in [9.17, 15) is 14.4 Å². The largest absolute Gasteiger partial charge is 0.481 e. The molecule has 0 unspecified atom stereocenters. The minimum Gasteiger partial charge on any atom is -0.481 e. The number of thioether (sulfide) groups is 1. The average molecular weight is 348 g/mol. The van der Waals surface area contributed by atoms with Crippen LogP contribution in [0.1, 0.15) is 18.4 Å². The zero-order valence-corrected chi connectivity index (χ0v) is 13.5. The number of amidine groups is 1. The molecule has 9 heteroatoms. The van der Waals surface area contributed by atoms with Crippen LogP contribution in [0.2, 0.25) is 0 Å². The number of benzene rings is 1. The first kappa shape index (κ1) is 17.7. The van der Waals surface area contributed by atoms with E-state index in [1.54, 1.807) is 6.21 Å². The smallest absolute Gasteiger partial charge is 0.305 e. The van der Waals surface area contributed by atoms with Gasteiger partial charge in [-0.1, -0.05) is 42.1 Å². The van der Waals surface area contributed by atoms with Gasteiger partial charge in [-0.05, 0) is 5.56 Å². The maximum absolute atomic E-state index is 11.8. The first-order valence-corrected chi connectivity index (χ1v) is 8.04. The first-order valence-electron chi connectivity index (χ1n) is 7.16. The fourth-order valence-electron chi connectivity index (χ4n) is 1.82. The summed E-state index contributed by atoms with van der Waals surface area (Å²) < 4.78 is 0. The van der Waals surface area contributed by atoms with Crippen molar-refractivity contribution in [2.75, 3.05) is 6.54 Å². The third kappa shape index (κ3) is 5.84. The van der Waals surface area contributed by atoms with E-state index in [0.717, 1.165) is 17.3 Å². The number of aliphatic carboxylic acids is 1. The quantitative estimate of drug-likeness (QED) is 0.492. The average Bonchev–Trinajstić information content (AvgIpc) is 2.88. The van der Waals surface area contributed by atoms with Crippen molar-refractivity contribution >= 4 is 40.9 Å². The van der Waals surface area contributed by atoms with E-state index in [1.165, 1.54) is 0 Å². The summed E-state index contributed by atoms with van der Waals surface area (Å²) >= 11 is 1.12. The number of hydrogen-bond acceptors (Lipinski definition) is 6. The van der Waals surface area contributed by atoms with E-state index in [0.29, 0.717) is 5.17 Å². The summed E-state index contributed by atoms with van der Waals surface area (Å²) in [7, 11) is 0. The summed E-state index contributed by atoms with van der Waals surface area (Å²) in [5.41, 5.74) is 0.880. The third-order valence-electron chi connectivity index (χ3n) is 2.96. The number of rotatable bonds is 7. The van der Waals surface area contributed by atoms with Crippen LogP contribution in [0.15, 0.2) is 40.5 Å². The normalized spacial score (nSPS) is 18.8. The summed E-state index contributed by atoms with van der Waals surface area (Å²) in [6.45, 7) is 0.0372. The molecule has 0 spiro atoms. The summed E-state index contributed by atoms with van der Waals surface area (Å²) in [4.78, 5) is 33.8. The molecule has 1 atom stereocenters. The SMILES string of the molecule is O=C(O)CCNC(=O)C[C@@H]1S/C(=N/N=C\c2ccccc2)NC1=O. The molecule has 24 heavy (non-hydrogen) atoms. The Morgan fingerprint density at radius 1 is 1.33 bits per heavy atom. The van der Waals surface area contributed by atoms with Crippen LogP contribution in [0.5, 0.6) is 0 Å². The fraction of sp³-hybridized carbons (Fsp3) is 0.267. The lowest BCUT2D eigenvalue weighted by atomic mass is 10.2. The van der Waals surface area contributed by atoms with E-state index < -0.39 is 11.2 Å². The van der Waals surface area contributed by atoms with Gasteiger partial charge in [0.1, 0.15) is 5.25 Å². The molecule has 1 aromatic carbocycles. The van der Waals surface area contributed by atoms with Gasteiger partial charge < -0.3 is 15.7 Å². The summed E-state index contributed by atoms with van der Waals surface area (Å²) in [6, 6.07) is 9.38. The van der Waals surface area contributed by atoms with Crippen LogP contribution in [-0.4, -0.2) is 46.1 Å². The van der Waals surface area contributed by atoms with E-state index in [1.807, 2.05) is 30.3 Å². The molecule has 2 rings (SSSR count). The number of nitrogens with one attached hydrogen (secondary N) is 2. The highest BCUT2D eigenvalue weighted by atomic mass is 32.2. The molecule has 2 amide bonds.